The molecule has 34 heavy (non-hydrogen) atoms. The first-order chi connectivity index (χ1) is 16.2. The van der Waals surface area contributed by atoms with Crippen LogP contribution in [0.5, 0.6) is 5.75 Å². The number of carbonyl (C=O) groups is 3. The summed E-state index contributed by atoms with van der Waals surface area (Å²) in [7, 11) is 0. The first-order valence-corrected chi connectivity index (χ1v) is 11.9. The molecule has 0 spiro atoms. The summed E-state index contributed by atoms with van der Waals surface area (Å²) in [6, 6.07) is 16.7. The minimum atomic E-state index is -0.776. The van der Waals surface area contributed by atoms with Crippen molar-refractivity contribution in [2.24, 2.45) is 0 Å². The summed E-state index contributed by atoms with van der Waals surface area (Å²) in [6.45, 7) is 2.08. The Hall–Kier alpha value is -2.88. The van der Waals surface area contributed by atoms with Crippen LogP contribution >= 0.6 is 45.8 Å². The Balaban J connectivity index is 1.56. The second kappa shape index (κ2) is 10.2. The van der Waals surface area contributed by atoms with Crippen LogP contribution in [0.25, 0.3) is 6.08 Å². The van der Waals surface area contributed by atoms with Crippen LogP contribution in [0.3, 0.4) is 0 Å². The highest BCUT2D eigenvalue weighted by Gasteiger charge is 2.37. The van der Waals surface area contributed by atoms with Gasteiger partial charge in [-0.25, -0.2) is 9.69 Å². The molecular formula is C25H17Cl2IN2O4. The fourth-order valence-electron chi connectivity index (χ4n) is 3.37. The average molecular weight is 607 g/mol. The monoisotopic (exact) mass is 606 g/mol. The largest absolute Gasteiger partial charge is 0.488 e. The molecule has 4 amide bonds. The van der Waals surface area contributed by atoms with Crippen LogP contribution in [0.4, 0.5) is 10.5 Å². The third-order valence-electron chi connectivity index (χ3n) is 5.10. The number of imide groups is 2. The van der Waals surface area contributed by atoms with Crippen molar-refractivity contribution in [3.63, 3.8) is 0 Å². The molecule has 1 saturated heterocycles. The van der Waals surface area contributed by atoms with Gasteiger partial charge < -0.3 is 4.74 Å². The molecule has 0 radical (unpaired) electrons. The van der Waals surface area contributed by atoms with Crippen molar-refractivity contribution in [2.75, 3.05) is 4.90 Å². The highest BCUT2D eigenvalue weighted by atomic mass is 127. The molecule has 6 nitrogen and oxygen atoms in total. The number of urea groups is 1. The number of ether oxygens (including phenoxy) is 1. The molecule has 1 aliphatic rings. The van der Waals surface area contributed by atoms with Crippen LogP contribution in [0.2, 0.25) is 10.0 Å². The van der Waals surface area contributed by atoms with E-state index in [1.807, 2.05) is 6.07 Å². The number of anilines is 1. The van der Waals surface area contributed by atoms with Crippen LogP contribution in [0.15, 0.2) is 66.2 Å². The van der Waals surface area contributed by atoms with Crippen LogP contribution in [0.1, 0.15) is 16.7 Å². The highest BCUT2D eigenvalue weighted by molar-refractivity contribution is 14.1. The maximum absolute atomic E-state index is 13.1. The molecule has 9 heteroatoms. The van der Waals surface area contributed by atoms with E-state index in [4.69, 9.17) is 27.9 Å². The molecular weight excluding hydrogens is 590 g/mol. The number of para-hydroxylation sites is 1. The normalized spacial score (nSPS) is 15.0. The Morgan fingerprint density at radius 1 is 1.00 bits per heavy atom. The number of nitrogens with one attached hydrogen (secondary N) is 1. The number of barbiturate groups is 1. The van der Waals surface area contributed by atoms with Gasteiger partial charge in [0.05, 0.1) is 19.3 Å². The SMILES string of the molecule is Cc1ccccc1N1C(=O)NC(=O)/C(=C\c2ccc(OCc3ccc(Cl)c(Cl)c3)c(I)c2)C1=O. The lowest BCUT2D eigenvalue weighted by molar-refractivity contribution is -0.122. The Morgan fingerprint density at radius 3 is 2.47 bits per heavy atom. The molecule has 1 heterocycles. The summed E-state index contributed by atoms with van der Waals surface area (Å²) in [5.74, 6) is -0.794. The van der Waals surface area contributed by atoms with Gasteiger partial charge in [-0.1, -0.05) is 53.5 Å². The van der Waals surface area contributed by atoms with Gasteiger partial charge in [-0.05, 0) is 82.6 Å². The second-order valence-electron chi connectivity index (χ2n) is 7.47. The first kappa shape index (κ1) is 24.3. The zero-order chi connectivity index (χ0) is 24.4. The molecule has 172 valence electrons. The average Bonchev–Trinajstić information content (AvgIpc) is 2.79. The number of carbonyl (C=O) groups excluding carboxylic acids is 3. The van der Waals surface area contributed by atoms with Crippen molar-refractivity contribution in [1.29, 1.82) is 0 Å². The quantitative estimate of drug-likeness (QED) is 0.215. The number of benzene rings is 3. The van der Waals surface area contributed by atoms with Gasteiger partial charge in [0.15, 0.2) is 0 Å². The van der Waals surface area contributed by atoms with Crippen LogP contribution in [-0.4, -0.2) is 17.8 Å². The minimum absolute atomic E-state index is 0.136. The Morgan fingerprint density at radius 2 is 1.76 bits per heavy atom. The first-order valence-electron chi connectivity index (χ1n) is 10.1. The molecule has 1 N–H and O–H groups in total. The van der Waals surface area contributed by atoms with E-state index in [0.717, 1.165) is 19.6 Å². The van der Waals surface area contributed by atoms with E-state index >= 15 is 0 Å². The van der Waals surface area contributed by atoms with Crippen molar-refractivity contribution in [3.05, 3.63) is 96.5 Å². The van der Waals surface area contributed by atoms with E-state index in [0.29, 0.717) is 33.7 Å². The van der Waals surface area contributed by atoms with Gasteiger partial charge in [0.25, 0.3) is 11.8 Å². The fraction of sp³-hybridized carbons (Fsp3) is 0.0800. The number of nitrogens with zero attached hydrogens (tertiary/aromatic N) is 1. The molecule has 0 aromatic heterocycles. The molecule has 0 unspecified atom stereocenters. The number of aryl methyl sites for hydroxylation is 1. The molecule has 0 aliphatic carbocycles. The second-order valence-corrected chi connectivity index (χ2v) is 9.45. The summed E-state index contributed by atoms with van der Waals surface area (Å²) in [5, 5.41) is 3.17. The Bertz CT molecular complexity index is 1360. The van der Waals surface area contributed by atoms with Crippen molar-refractivity contribution in [1.82, 2.24) is 5.32 Å². The smallest absolute Gasteiger partial charge is 0.335 e. The third kappa shape index (κ3) is 5.11. The number of amides is 4. The minimum Gasteiger partial charge on any atom is -0.488 e. The molecule has 1 fully saturated rings. The summed E-state index contributed by atoms with van der Waals surface area (Å²) in [5.41, 5.74) is 2.50. The number of hydrogen-bond donors (Lipinski definition) is 1. The van der Waals surface area contributed by atoms with E-state index in [2.05, 4.69) is 27.9 Å². The maximum Gasteiger partial charge on any atom is 0.335 e. The van der Waals surface area contributed by atoms with E-state index in [-0.39, 0.29) is 5.57 Å². The van der Waals surface area contributed by atoms with E-state index in [9.17, 15) is 14.4 Å². The zero-order valence-corrected chi connectivity index (χ0v) is 21.4. The van der Waals surface area contributed by atoms with Gasteiger partial charge in [-0.15, -0.1) is 0 Å². The lowest BCUT2D eigenvalue weighted by Crippen LogP contribution is -2.54. The fourth-order valence-corrected chi connectivity index (χ4v) is 4.39. The summed E-state index contributed by atoms with van der Waals surface area (Å²) < 4.78 is 6.66. The maximum atomic E-state index is 13.1. The van der Waals surface area contributed by atoms with Crippen molar-refractivity contribution < 1.29 is 19.1 Å². The summed E-state index contributed by atoms with van der Waals surface area (Å²) >= 11 is 14.1. The van der Waals surface area contributed by atoms with E-state index in [1.54, 1.807) is 61.5 Å². The van der Waals surface area contributed by atoms with E-state index < -0.39 is 17.8 Å². The number of rotatable bonds is 5. The van der Waals surface area contributed by atoms with Gasteiger partial charge in [0.1, 0.15) is 17.9 Å². The topological polar surface area (TPSA) is 75.7 Å². The third-order valence-corrected chi connectivity index (χ3v) is 6.69. The van der Waals surface area contributed by atoms with Crippen LogP contribution in [0, 0.1) is 10.5 Å². The molecule has 0 saturated carbocycles. The lowest BCUT2D eigenvalue weighted by Gasteiger charge is -2.27. The van der Waals surface area contributed by atoms with Crippen molar-refractivity contribution in [3.8, 4) is 5.75 Å². The molecule has 0 atom stereocenters. The van der Waals surface area contributed by atoms with E-state index in [1.165, 1.54) is 6.08 Å². The molecule has 0 bridgehead atoms. The number of halogens is 3. The van der Waals surface area contributed by atoms with Crippen molar-refractivity contribution >= 4 is 75.4 Å². The van der Waals surface area contributed by atoms with Gasteiger partial charge in [0.2, 0.25) is 0 Å². The van der Waals surface area contributed by atoms with Crippen molar-refractivity contribution in [2.45, 2.75) is 13.5 Å². The molecule has 3 aromatic rings. The Kier molecular flexibility index (Phi) is 7.25. The van der Waals surface area contributed by atoms with Gasteiger partial charge in [-0.2, -0.15) is 0 Å². The molecule has 1 aliphatic heterocycles. The Labute approximate surface area is 219 Å². The van der Waals surface area contributed by atoms with Crippen LogP contribution in [-0.2, 0) is 16.2 Å². The summed E-state index contributed by atoms with van der Waals surface area (Å²) in [4.78, 5) is 38.9. The molecule has 3 aromatic carbocycles. The van der Waals surface area contributed by atoms with Gasteiger partial charge in [-0.3, -0.25) is 14.9 Å². The lowest BCUT2D eigenvalue weighted by atomic mass is 10.1. The number of hydrogen-bond acceptors (Lipinski definition) is 4. The molecule has 4 rings (SSSR count). The zero-order valence-electron chi connectivity index (χ0n) is 17.8. The predicted octanol–water partition coefficient (Wildman–Crippen LogP) is 6.15. The van der Waals surface area contributed by atoms with Gasteiger partial charge in [0, 0.05) is 0 Å². The van der Waals surface area contributed by atoms with Crippen LogP contribution < -0.4 is 15.0 Å². The summed E-state index contributed by atoms with van der Waals surface area (Å²) in [6.07, 6.45) is 1.46. The highest BCUT2D eigenvalue weighted by Crippen LogP contribution is 2.28. The standard InChI is InChI=1S/C25H17Cl2IN2O4/c1-14-4-2-3-5-21(14)30-24(32)17(23(31)29-25(30)33)10-15-7-9-22(20(28)12-15)34-13-16-6-8-18(26)19(27)11-16/h2-12H,13H2,1H3,(H,29,31,33)/b17-10+. The predicted molar refractivity (Wildman–Crippen MR) is 140 cm³/mol. The van der Waals surface area contributed by atoms with Gasteiger partial charge >= 0.3 is 6.03 Å².